The molecule has 0 aromatic heterocycles. The molecule has 1 unspecified atom stereocenters. The summed E-state index contributed by atoms with van der Waals surface area (Å²) < 4.78 is 64.6. The average Bonchev–Trinajstić information content (AvgIpc) is 2.81. The number of fused-ring (bicyclic) bond motifs is 3. The molecule has 0 heterocycles. The van der Waals surface area contributed by atoms with Gasteiger partial charge in [-0.3, -0.25) is 4.79 Å². The van der Waals surface area contributed by atoms with Crippen LogP contribution in [0.3, 0.4) is 0 Å². The highest BCUT2D eigenvalue weighted by molar-refractivity contribution is 5.96. The lowest BCUT2D eigenvalue weighted by molar-refractivity contribution is -0.281. The Labute approximate surface area is 134 Å². The largest absolute Gasteiger partial charge is 0.453 e. The predicted molar refractivity (Wildman–Crippen MR) is 77.6 cm³/mol. The van der Waals surface area contributed by atoms with E-state index in [1.54, 1.807) is 30.3 Å². The van der Waals surface area contributed by atoms with Gasteiger partial charge in [-0.05, 0) is 27.8 Å². The van der Waals surface area contributed by atoms with Gasteiger partial charge in [-0.15, -0.1) is 0 Å². The third-order valence-electron chi connectivity index (χ3n) is 4.16. The summed E-state index contributed by atoms with van der Waals surface area (Å²) in [6, 6.07) is 10.8. The SMILES string of the molecule is NC(=O)C1c2ccccc2-c2cccc(CC(F)(F)C(F)(F)F)c21. The molecule has 0 saturated heterocycles. The van der Waals surface area contributed by atoms with Crippen LogP contribution in [0.5, 0.6) is 0 Å². The fraction of sp³-hybridized carbons (Fsp3) is 0.235. The summed E-state index contributed by atoms with van der Waals surface area (Å²) in [5, 5.41) is 0. The van der Waals surface area contributed by atoms with Gasteiger partial charge in [0.1, 0.15) is 0 Å². The van der Waals surface area contributed by atoms with Gasteiger partial charge in [-0.1, -0.05) is 42.5 Å². The van der Waals surface area contributed by atoms with Crippen LogP contribution >= 0.6 is 0 Å². The van der Waals surface area contributed by atoms with Gasteiger partial charge in [0.25, 0.3) is 0 Å². The minimum absolute atomic E-state index is 0.134. The van der Waals surface area contributed by atoms with Gasteiger partial charge in [-0.25, -0.2) is 0 Å². The summed E-state index contributed by atoms with van der Waals surface area (Å²) in [5.41, 5.74) is 6.90. The molecule has 2 aromatic rings. The Balaban J connectivity index is 2.16. The predicted octanol–water partition coefficient (Wildman–Crippen LogP) is 4.02. The van der Waals surface area contributed by atoms with Gasteiger partial charge in [0.05, 0.1) is 5.92 Å². The zero-order valence-electron chi connectivity index (χ0n) is 12.2. The number of benzene rings is 2. The van der Waals surface area contributed by atoms with Crippen LogP contribution in [-0.4, -0.2) is 18.0 Å². The molecular formula is C17H12F5NO. The van der Waals surface area contributed by atoms with Crippen LogP contribution in [0.25, 0.3) is 11.1 Å². The van der Waals surface area contributed by atoms with Gasteiger partial charge >= 0.3 is 12.1 Å². The first-order valence-corrected chi connectivity index (χ1v) is 7.08. The topological polar surface area (TPSA) is 43.1 Å². The number of primary amides is 1. The molecule has 1 amide bonds. The maximum atomic E-state index is 13.5. The Bertz CT molecular complexity index is 813. The molecule has 0 aliphatic heterocycles. The smallest absolute Gasteiger partial charge is 0.369 e. The number of hydrogen-bond acceptors (Lipinski definition) is 1. The molecule has 1 atom stereocenters. The van der Waals surface area contributed by atoms with Crippen molar-refractivity contribution in [2.24, 2.45) is 5.73 Å². The van der Waals surface area contributed by atoms with Crippen LogP contribution in [0, 0.1) is 0 Å². The van der Waals surface area contributed by atoms with Gasteiger partial charge in [0.2, 0.25) is 5.91 Å². The van der Waals surface area contributed by atoms with Crippen molar-refractivity contribution >= 4 is 5.91 Å². The van der Waals surface area contributed by atoms with E-state index >= 15 is 0 Å². The maximum absolute atomic E-state index is 13.5. The zero-order valence-corrected chi connectivity index (χ0v) is 12.2. The van der Waals surface area contributed by atoms with Gasteiger partial charge in [-0.2, -0.15) is 22.0 Å². The van der Waals surface area contributed by atoms with E-state index in [-0.39, 0.29) is 11.1 Å². The number of hydrogen-bond donors (Lipinski definition) is 1. The van der Waals surface area contributed by atoms with E-state index in [4.69, 9.17) is 5.73 Å². The number of carbonyl (C=O) groups excluding carboxylic acids is 1. The van der Waals surface area contributed by atoms with Crippen molar-refractivity contribution in [3.8, 4) is 11.1 Å². The number of rotatable bonds is 3. The summed E-state index contributed by atoms with van der Waals surface area (Å²) in [5.74, 6) is -6.71. The van der Waals surface area contributed by atoms with Crippen molar-refractivity contribution in [2.45, 2.75) is 24.4 Å². The molecule has 2 aromatic carbocycles. The van der Waals surface area contributed by atoms with Gasteiger partial charge in [0, 0.05) is 6.42 Å². The van der Waals surface area contributed by atoms with E-state index < -0.39 is 30.3 Å². The monoisotopic (exact) mass is 341 g/mol. The first-order valence-electron chi connectivity index (χ1n) is 7.08. The fourth-order valence-electron chi connectivity index (χ4n) is 3.13. The summed E-state index contributed by atoms with van der Waals surface area (Å²) >= 11 is 0. The standard InChI is InChI=1S/C17H12F5NO/c18-16(19,17(20,21)22)8-9-4-3-7-11-10-5-1-2-6-12(10)14(13(9)11)15(23)24/h1-7,14H,8H2,(H2,23,24). The molecule has 1 aliphatic rings. The van der Waals surface area contributed by atoms with Crippen molar-refractivity contribution < 1.29 is 26.7 Å². The minimum Gasteiger partial charge on any atom is -0.369 e. The lowest BCUT2D eigenvalue weighted by atomic mass is 9.89. The summed E-state index contributed by atoms with van der Waals surface area (Å²) in [6.07, 6.45) is -7.19. The minimum atomic E-state index is -5.66. The second-order valence-electron chi connectivity index (χ2n) is 5.68. The quantitative estimate of drug-likeness (QED) is 0.842. The normalized spacial score (nSPS) is 16.6. The second-order valence-corrected chi connectivity index (χ2v) is 5.68. The molecule has 24 heavy (non-hydrogen) atoms. The van der Waals surface area contributed by atoms with E-state index in [1.165, 1.54) is 12.1 Å². The zero-order chi connectivity index (χ0) is 17.7. The molecule has 0 bridgehead atoms. The van der Waals surface area contributed by atoms with E-state index in [0.717, 1.165) is 0 Å². The molecule has 1 aliphatic carbocycles. The Morgan fingerprint density at radius 2 is 1.58 bits per heavy atom. The van der Waals surface area contributed by atoms with Crippen LogP contribution in [-0.2, 0) is 11.2 Å². The van der Waals surface area contributed by atoms with Crippen molar-refractivity contribution in [3.63, 3.8) is 0 Å². The van der Waals surface area contributed by atoms with Crippen molar-refractivity contribution in [2.75, 3.05) is 0 Å². The van der Waals surface area contributed by atoms with Crippen molar-refractivity contribution in [1.82, 2.24) is 0 Å². The number of alkyl halides is 5. The Hall–Kier alpha value is -2.44. The number of amides is 1. The number of carbonyl (C=O) groups is 1. The Morgan fingerprint density at radius 1 is 0.958 bits per heavy atom. The molecule has 0 radical (unpaired) electrons. The van der Waals surface area contributed by atoms with Crippen LogP contribution in [0.2, 0.25) is 0 Å². The van der Waals surface area contributed by atoms with Crippen LogP contribution in [0.4, 0.5) is 22.0 Å². The Morgan fingerprint density at radius 3 is 2.21 bits per heavy atom. The van der Waals surface area contributed by atoms with Crippen LogP contribution in [0.15, 0.2) is 42.5 Å². The first-order chi connectivity index (χ1) is 11.1. The van der Waals surface area contributed by atoms with E-state index in [9.17, 15) is 26.7 Å². The molecule has 126 valence electrons. The van der Waals surface area contributed by atoms with Crippen LogP contribution in [0.1, 0.15) is 22.6 Å². The third kappa shape index (κ3) is 2.44. The fourth-order valence-corrected chi connectivity index (χ4v) is 3.13. The molecular weight excluding hydrogens is 329 g/mol. The lowest BCUT2D eigenvalue weighted by Crippen LogP contribution is -2.38. The Kier molecular flexibility index (Phi) is 3.62. The molecule has 2 N–H and O–H groups in total. The van der Waals surface area contributed by atoms with E-state index in [2.05, 4.69) is 0 Å². The molecule has 0 saturated carbocycles. The molecule has 3 rings (SSSR count). The highest BCUT2D eigenvalue weighted by Gasteiger charge is 2.57. The third-order valence-corrected chi connectivity index (χ3v) is 4.16. The van der Waals surface area contributed by atoms with Gasteiger partial charge in [0.15, 0.2) is 0 Å². The molecule has 0 spiro atoms. The van der Waals surface area contributed by atoms with E-state index in [0.29, 0.717) is 16.7 Å². The van der Waals surface area contributed by atoms with Crippen molar-refractivity contribution in [1.29, 1.82) is 0 Å². The van der Waals surface area contributed by atoms with E-state index in [1.807, 2.05) is 0 Å². The first kappa shape index (κ1) is 16.4. The number of halogens is 5. The molecule has 0 fully saturated rings. The summed E-state index contributed by atoms with van der Waals surface area (Å²) in [6.45, 7) is 0. The highest BCUT2D eigenvalue weighted by Crippen LogP contribution is 2.48. The highest BCUT2D eigenvalue weighted by atomic mass is 19.4. The maximum Gasteiger partial charge on any atom is 0.453 e. The summed E-state index contributed by atoms with van der Waals surface area (Å²) in [7, 11) is 0. The van der Waals surface area contributed by atoms with Crippen LogP contribution < -0.4 is 5.73 Å². The molecule has 2 nitrogen and oxygen atoms in total. The van der Waals surface area contributed by atoms with Gasteiger partial charge < -0.3 is 5.73 Å². The van der Waals surface area contributed by atoms with Crippen molar-refractivity contribution in [3.05, 3.63) is 59.2 Å². The average molecular weight is 341 g/mol. The lowest BCUT2D eigenvalue weighted by Gasteiger charge is -2.22. The summed E-state index contributed by atoms with van der Waals surface area (Å²) in [4.78, 5) is 11.9. The molecule has 7 heteroatoms. The number of nitrogens with two attached hydrogens (primary N) is 1. The second kappa shape index (κ2) is 5.29.